The van der Waals surface area contributed by atoms with Gasteiger partial charge in [0.25, 0.3) is 0 Å². The molecular formula is C15H27NO2S. The van der Waals surface area contributed by atoms with Gasteiger partial charge in [-0.2, -0.15) is 0 Å². The Morgan fingerprint density at radius 2 is 1.74 bits per heavy atom. The first-order valence-corrected chi connectivity index (χ1v) is 9.19. The Morgan fingerprint density at radius 1 is 1.21 bits per heavy atom. The zero-order chi connectivity index (χ0) is 13.5. The number of ether oxygens (including phenoxy) is 1. The minimum atomic E-state index is -0.813. The molecule has 0 aromatic rings. The van der Waals surface area contributed by atoms with Gasteiger partial charge < -0.3 is 10.5 Å². The fourth-order valence-electron chi connectivity index (χ4n) is 5.27. The zero-order valence-corrected chi connectivity index (χ0v) is 12.8. The van der Waals surface area contributed by atoms with E-state index in [0.29, 0.717) is 23.5 Å². The maximum absolute atomic E-state index is 12.1. The molecule has 0 saturated heterocycles. The largest absolute Gasteiger partial charge is 0.384 e. The second kappa shape index (κ2) is 5.45. The highest BCUT2D eigenvalue weighted by molar-refractivity contribution is 7.85. The Morgan fingerprint density at radius 3 is 2.21 bits per heavy atom. The molecule has 4 aliphatic rings. The van der Waals surface area contributed by atoms with Crippen LogP contribution in [0.15, 0.2) is 0 Å². The summed E-state index contributed by atoms with van der Waals surface area (Å²) in [5.41, 5.74) is 6.84. The van der Waals surface area contributed by atoms with E-state index in [9.17, 15) is 4.21 Å². The van der Waals surface area contributed by atoms with E-state index in [1.807, 2.05) is 0 Å². The molecule has 2 atom stereocenters. The number of hydrogen-bond donors (Lipinski definition) is 1. The maximum atomic E-state index is 12.1. The lowest BCUT2D eigenvalue weighted by molar-refractivity contribution is -0.0630. The summed E-state index contributed by atoms with van der Waals surface area (Å²) < 4.78 is 17.1. The molecule has 0 spiro atoms. The van der Waals surface area contributed by atoms with Crippen LogP contribution in [0.3, 0.4) is 0 Å². The van der Waals surface area contributed by atoms with Gasteiger partial charge in [0, 0.05) is 35.5 Å². The van der Waals surface area contributed by atoms with Crippen LogP contribution in [-0.4, -0.2) is 35.5 Å². The molecule has 0 aromatic carbocycles. The highest BCUT2D eigenvalue weighted by Gasteiger charge is 2.53. The molecule has 4 fully saturated rings. The molecule has 4 saturated carbocycles. The average Bonchev–Trinajstić information content (AvgIpc) is 2.34. The Hall–Kier alpha value is 0.0700. The predicted octanol–water partition coefficient (Wildman–Crippen LogP) is 1.93. The van der Waals surface area contributed by atoms with Crippen LogP contribution in [0.4, 0.5) is 0 Å². The summed E-state index contributed by atoms with van der Waals surface area (Å²) in [6, 6.07) is 0.138. The quantitative estimate of drug-likeness (QED) is 0.811. The van der Waals surface area contributed by atoms with Gasteiger partial charge in [-0.1, -0.05) is 0 Å². The van der Waals surface area contributed by atoms with Crippen LogP contribution in [0.5, 0.6) is 0 Å². The normalized spacial score (nSPS) is 43.4. The molecule has 4 bridgehead atoms. The van der Waals surface area contributed by atoms with E-state index in [1.165, 1.54) is 38.5 Å². The van der Waals surface area contributed by atoms with Gasteiger partial charge in [-0.15, -0.1) is 0 Å². The van der Waals surface area contributed by atoms with Crippen LogP contribution in [0, 0.1) is 23.2 Å². The van der Waals surface area contributed by atoms with Crippen molar-refractivity contribution >= 4 is 10.8 Å². The molecular weight excluding hydrogens is 258 g/mol. The Bertz CT molecular complexity index is 323. The highest BCUT2D eigenvalue weighted by atomic mass is 32.2. The van der Waals surface area contributed by atoms with Crippen LogP contribution < -0.4 is 5.73 Å². The summed E-state index contributed by atoms with van der Waals surface area (Å²) in [6.45, 7) is 0.584. The topological polar surface area (TPSA) is 52.3 Å². The van der Waals surface area contributed by atoms with E-state index < -0.39 is 10.8 Å². The fourth-order valence-corrected chi connectivity index (χ4v) is 6.54. The second-order valence-corrected chi connectivity index (χ2v) is 8.81. The van der Waals surface area contributed by atoms with Crippen molar-refractivity contribution in [1.29, 1.82) is 0 Å². The first kappa shape index (κ1) is 14.0. The van der Waals surface area contributed by atoms with E-state index in [-0.39, 0.29) is 6.04 Å². The minimum absolute atomic E-state index is 0.138. The van der Waals surface area contributed by atoms with E-state index in [2.05, 4.69) is 0 Å². The monoisotopic (exact) mass is 285 g/mol. The minimum Gasteiger partial charge on any atom is -0.384 e. The summed E-state index contributed by atoms with van der Waals surface area (Å²) in [4.78, 5) is 0. The lowest BCUT2D eigenvalue weighted by Gasteiger charge is -2.58. The molecule has 19 heavy (non-hydrogen) atoms. The van der Waals surface area contributed by atoms with Crippen LogP contribution >= 0.6 is 0 Å². The van der Waals surface area contributed by atoms with Gasteiger partial charge >= 0.3 is 0 Å². The molecule has 0 radical (unpaired) electrons. The number of rotatable bonds is 6. The van der Waals surface area contributed by atoms with Gasteiger partial charge in [-0.05, 0) is 61.7 Å². The summed E-state index contributed by atoms with van der Waals surface area (Å²) >= 11 is 0. The first-order valence-electron chi connectivity index (χ1n) is 7.71. The summed E-state index contributed by atoms with van der Waals surface area (Å²) in [5.74, 6) is 4.07. The first-order chi connectivity index (χ1) is 9.11. The maximum Gasteiger partial charge on any atom is 0.0577 e. The van der Waals surface area contributed by atoms with Crippen molar-refractivity contribution in [2.24, 2.45) is 28.9 Å². The smallest absolute Gasteiger partial charge is 0.0577 e. The van der Waals surface area contributed by atoms with Gasteiger partial charge in [-0.25, -0.2) is 0 Å². The molecule has 4 heteroatoms. The van der Waals surface area contributed by atoms with Crippen LogP contribution in [0.1, 0.15) is 38.5 Å². The lowest BCUT2D eigenvalue weighted by atomic mass is 9.48. The fraction of sp³-hybridized carbons (Fsp3) is 1.00. The van der Waals surface area contributed by atoms with E-state index >= 15 is 0 Å². The summed E-state index contributed by atoms with van der Waals surface area (Å²) in [7, 11) is 0.850. The van der Waals surface area contributed by atoms with Crippen molar-refractivity contribution in [3.8, 4) is 0 Å². The molecule has 4 aliphatic carbocycles. The van der Waals surface area contributed by atoms with Gasteiger partial charge in [0.1, 0.15) is 0 Å². The molecule has 0 amide bonds. The van der Waals surface area contributed by atoms with Crippen molar-refractivity contribution in [3.05, 3.63) is 0 Å². The molecule has 2 N–H and O–H groups in total. The SMILES string of the molecule is COCCS(=O)CC(N)C12CC3CC(CC(C3)C1)C2. The molecule has 2 unspecified atom stereocenters. The molecule has 0 aliphatic heterocycles. The van der Waals surface area contributed by atoms with Crippen molar-refractivity contribution < 1.29 is 8.95 Å². The van der Waals surface area contributed by atoms with Gasteiger partial charge in [0.05, 0.1) is 6.61 Å². The molecule has 110 valence electrons. The van der Waals surface area contributed by atoms with Crippen LogP contribution in [0.25, 0.3) is 0 Å². The van der Waals surface area contributed by atoms with Gasteiger partial charge in [0.2, 0.25) is 0 Å². The predicted molar refractivity (Wildman–Crippen MR) is 78.3 cm³/mol. The number of nitrogens with two attached hydrogens (primary N) is 1. The Balaban J connectivity index is 1.63. The van der Waals surface area contributed by atoms with Crippen molar-refractivity contribution in [2.45, 2.75) is 44.6 Å². The third kappa shape index (κ3) is 2.77. The van der Waals surface area contributed by atoms with E-state index in [4.69, 9.17) is 10.5 Å². The third-order valence-electron chi connectivity index (χ3n) is 5.75. The summed E-state index contributed by atoms with van der Waals surface area (Å²) in [5, 5.41) is 0. The van der Waals surface area contributed by atoms with E-state index in [1.54, 1.807) is 7.11 Å². The standard InChI is InChI=1S/C15H27NO2S/c1-18-2-3-19(17)10-14(16)15-7-11-4-12(8-15)6-13(5-11)9-15/h11-14H,2-10,16H2,1H3. The highest BCUT2D eigenvalue weighted by Crippen LogP contribution is 2.61. The summed E-state index contributed by atoms with van der Waals surface area (Å²) in [6.07, 6.45) is 8.25. The van der Waals surface area contributed by atoms with Crippen LogP contribution in [-0.2, 0) is 15.5 Å². The lowest BCUT2D eigenvalue weighted by Crippen LogP contribution is -2.56. The number of methoxy groups -OCH3 is 1. The van der Waals surface area contributed by atoms with E-state index in [0.717, 1.165) is 17.8 Å². The van der Waals surface area contributed by atoms with Gasteiger partial charge in [0.15, 0.2) is 0 Å². The van der Waals surface area contributed by atoms with Crippen molar-refractivity contribution in [1.82, 2.24) is 0 Å². The molecule has 3 nitrogen and oxygen atoms in total. The Kier molecular flexibility index (Phi) is 4.03. The number of hydrogen-bond acceptors (Lipinski definition) is 3. The van der Waals surface area contributed by atoms with Crippen LogP contribution in [0.2, 0.25) is 0 Å². The third-order valence-corrected chi connectivity index (χ3v) is 7.11. The zero-order valence-electron chi connectivity index (χ0n) is 12.0. The average molecular weight is 285 g/mol. The molecule has 0 aromatic heterocycles. The molecule has 4 rings (SSSR count). The molecule has 0 heterocycles. The Labute approximate surface area is 119 Å². The van der Waals surface area contributed by atoms with Crippen molar-refractivity contribution in [3.63, 3.8) is 0 Å². The second-order valence-electron chi connectivity index (χ2n) is 7.19. The van der Waals surface area contributed by atoms with Crippen molar-refractivity contribution in [2.75, 3.05) is 25.2 Å². The van der Waals surface area contributed by atoms with Gasteiger partial charge in [-0.3, -0.25) is 4.21 Å².